The van der Waals surface area contributed by atoms with Crippen LogP contribution in [0.3, 0.4) is 0 Å². The van der Waals surface area contributed by atoms with Crippen LogP contribution in [0, 0.1) is 0 Å². The highest BCUT2D eigenvalue weighted by Crippen LogP contribution is 2.19. The van der Waals surface area contributed by atoms with Crippen molar-refractivity contribution in [1.82, 2.24) is 9.97 Å². The Bertz CT molecular complexity index is 609. The summed E-state index contributed by atoms with van der Waals surface area (Å²) in [5.41, 5.74) is 0.322. The van der Waals surface area contributed by atoms with Crippen molar-refractivity contribution in [3.8, 4) is 0 Å². The summed E-state index contributed by atoms with van der Waals surface area (Å²) in [6.45, 7) is 0. The van der Waals surface area contributed by atoms with E-state index in [2.05, 4.69) is 15.3 Å². The van der Waals surface area contributed by atoms with E-state index < -0.39 is 5.91 Å². The van der Waals surface area contributed by atoms with Crippen molar-refractivity contribution in [2.75, 3.05) is 5.32 Å². The molecule has 0 aliphatic heterocycles. The average molecular weight is 250 g/mol. The molecule has 17 heavy (non-hydrogen) atoms. The average Bonchev–Trinajstić information content (AvgIpc) is 2.32. The highest BCUT2D eigenvalue weighted by Gasteiger charge is 2.08. The molecule has 1 amide bonds. The van der Waals surface area contributed by atoms with Crippen LogP contribution in [0.1, 0.15) is 10.4 Å². The van der Waals surface area contributed by atoms with Crippen molar-refractivity contribution in [2.45, 2.75) is 0 Å². The number of halogens is 1. The lowest BCUT2D eigenvalue weighted by Crippen LogP contribution is -2.15. The highest BCUT2D eigenvalue weighted by atomic mass is 35.5. The summed E-state index contributed by atoms with van der Waals surface area (Å²) < 4.78 is 0. The molecule has 2 N–H and O–H groups in total. The van der Waals surface area contributed by atoms with Gasteiger partial charge in [0, 0.05) is 24.0 Å². The van der Waals surface area contributed by atoms with Gasteiger partial charge in [0.15, 0.2) is 0 Å². The van der Waals surface area contributed by atoms with E-state index in [1.807, 2.05) is 0 Å². The Morgan fingerprint density at radius 2 is 2.24 bits per heavy atom. The fraction of sp³-hybridized carbons (Fsp3) is 0. The zero-order chi connectivity index (χ0) is 12.3. The molecule has 0 aliphatic carbocycles. The van der Waals surface area contributed by atoms with Gasteiger partial charge < -0.3 is 10.3 Å². The van der Waals surface area contributed by atoms with Crippen molar-refractivity contribution in [2.24, 2.45) is 0 Å². The Labute approximate surface area is 101 Å². The Hall–Kier alpha value is -2.14. The SMILES string of the molecule is O=C(Nc1cnccc1Cl)c1cc[nH]c(=O)c1. The highest BCUT2D eigenvalue weighted by molar-refractivity contribution is 6.33. The molecule has 0 unspecified atom stereocenters. The minimum atomic E-state index is -0.411. The third-order valence-corrected chi connectivity index (χ3v) is 2.38. The van der Waals surface area contributed by atoms with Crippen molar-refractivity contribution in [3.63, 3.8) is 0 Å². The first-order chi connectivity index (χ1) is 8.16. The molecule has 0 bridgehead atoms. The third kappa shape index (κ3) is 2.70. The van der Waals surface area contributed by atoms with Gasteiger partial charge in [-0.3, -0.25) is 14.6 Å². The summed E-state index contributed by atoms with van der Waals surface area (Å²) in [5, 5.41) is 2.95. The van der Waals surface area contributed by atoms with Crippen LogP contribution in [0.5, 0.6) is 0 Å². The first-order valence-corrected chi connectivity index (χ1v) is 5.14. The van der Waals surface area contributed by atoms with Crippen molar-refractivity contribution < 1.29 is 4.79 Å². The fourth-order valence-electron chi connectivity index (χ4n) is 1.25. The van der Waals surface area contributed by atoms with Crippen LogP contribution in [0.25, 0.3) is 0 Å². The van der Waals surface area contributed by atoms with E-state index in [9.17, 15) is 9.59 Å². The Balaban J connectivity index is 2.23. The number of pyridine rings is 2. The lowest BCUT2D eigenvalue weighted by Gasteiger charge is -2.05. The van der Waals surface area contributed by atoms with Gasteiger partial charge >= 0.3 is 0 Å². The molecule has 2 aromatic rings. The smallest absolute Gasteiger partial charge is 0.255 e. The lowest BCUT2D eigenvalue weighted by atomic mass is 10.2. The van der Waals surface area contributed by atoms with Gasteiger partial charge in [-0.2, -0.15) is 0 Å². The van der Waals surface area contributed by atoms with Crippen LogP contribution in [-0.2, 0) is 0 Å². The standard InChI is InChI=1S/C11H8ClN3O2/c12-8-2-3-13-6-9(8)15-11(17)7-1-4-14-10(16)5-7/h1-6H,(H,14,16)(H,15,17). The van der Waals surface area contributed by atoms with Crippen LogP contribution in [0.2, 0.25) is 5.02 Å². The number of H-pyrrole nitrogens is 1. The number of carbonyl (C=O) groups excluding carboxylic acids is 1. The van der Waals surface area contributed by atoms with E-state index in [0.717, 1.165) is 0 Å². The van der Waals surface area contributed by atoms with Gasteiger partial charge in [0.05, 0.1) is 16.9 Å². The second-order valence-electron chi connectivity index (χ2n) is 3.25. The molecule has 0 radical (unpaired) electrons. The number of carbonyl (C=O) groups is 1. The maximum atomic E-state index is 11.8. The van der Waals surface area contributed by atoms with E-state index in [4.69, 9.17) is 11.6 Å². The minimum absolute atomic E-state index is 0.258. The lowest BCUT2D eigenvalue weighted by molar-refractivity contribution is 0.102. The minimum Gasteiger partial charge on any atom is -0.329 e. The van der Waals surface area contributed by atoms with E-state index >= 15 is 0 Å². The fourth-order valence-corrected chi connectivity index (χ4v) is 1.40. The van der Waals surface area contributed by atoms with E-state index in [0.29, 0.717) is 10.7 Å². The number of anilines is 1. The molecule has 6 heteroatoms. The topological polar surface area (TPSA) is 74.8 Å². The maximum Gasteiger partial charge on any atom is 0.255 e. The predicted octanol–water partition coefficient (Wildman–Crippen LogP) is 1.68. The zero-order valence-electron chi connectivity index (χ0n) is 8.61. The summed E-state index contributed by atoms with van der Waals surface area (Å²) >= 11 is 5.86. The summed E-state index contributed by atoms with van der Waals surface area (Å²) in [6, 6.07) is 4.27. The van der Waals surface area contributed by atoms with Crippen LogP contribution in [0.15, 0.2) is 41.6 Å². The number of nitrogens with zero attached hydrogens (tertiary/aromatic N) is 1. The zero-order valence-corrected chi connectivity index (χ0v) is 9.36. The monoisotopic (exact) mass is 249 g/mol. The van der Waals surface area contributed by atoms with Crippen LogP contribution in [0.4, 0.5) is 5.69 Å². The van der Waals surface area contributed by atoms with Gasteiger partial charge in [0.2, 0.25) is 5.56 Å². The molecule has 0 atom stereocenters. The molecule has 0 spiro atoms. The summed E-state index contributed by atoms with van der Waals surface area (Å²) in [4.78, 5) is 29.1. The number of aromatic nitrogens is 2. The van der Waals surface area contributed by atoms with E-state index in [1.165, 1.54) is 30.7 Å². The summed E-state index contributed by atoms with van der Waals surface area (Å²) in [5.74, 6) is -0.411. The number of amides is 1. The molecular weight excluding hydrogens is 242 g/mol. The largest absolute Gasteiger partial charge is 0.329 e. The molecule has 2 rings (SSSR count). The number of rotatable bonds is 2. The van der Waals surface area contributed by atoms with Crippen LogP contribution in [-0.4, -0.2) is 15.9 Å². The first kappa shape index (κ1) is 11.3. The number of nitrogens with one attached hydrogen (secondary N) is 2. The Morgan fingerprint density at radius 3 is 2.94 bits per heavy atom. The molecular formula is C11H8ClN3O2. The van der Waals surface area contributed by atoms with Gasteiger partial charge in [0.25, 0.3) is 5.91 Å². The van der Waals surface area contributed by atoms with Crippen LogP contribution >= 0.6 is 11.6 Å². The number of aromatic amines is 1. The third-order valence-electron chi connectivity index (χ3n) is 2.05. The van der Waals surface area contributed by atoms with E-state index in [1.54, 1.807) is 6.07 Å². The van der Waals surface area contributed by atoms with Crippen LogP contribution < -0.4 is 10.9 Å². The molecule has 0 aliphatic rings. The normalized spacial score (nSPS) is 9.94. The second kappa shape index (κ2) is 4.80. The number of hydrogen-bond acceptors (Lipinski definition) is 3. The van der Waals surface area contributed by atoms with Crippen molar-refractivity contribution in [3.05, 3.63) is 57.7 Å². The van der Waals surface area contributed by atoms with Crippen molar-refractivity contribution >= 4 is 23.2 Å². The van der Waals surface area contributed by atoms with E-state index in [-0.39, 0.29) is 11.1 Å². The van der Waals surface area contributed by atoms with Gasteiger partial charge in [-0.25, -0.2) is 0 Å². The molecule has 0 aromatic carbocycles. The molecule has 2 heterocycles. The number of hydrogen-bond donors (Lipinski definition) is 2. The Morgan fingerprint density at radius 1 is 1.41 bits per heavy atom. The summed E-state index contributed by atoms with van der Waals surface area (Å²) in [6.07, 6.45) is 4.36. The first-order valence-electron chi connectivity index (χ1n) is 4.76. The molecule has 0 saturated carbocycles. The molecule has 86 valence electrons. The second-order valence-corrected chi connectivity index (χ2v) is 3.66. The molecule has 0 fully saturated rings. The Kier molecular flexibility index (Phi) is 3.20. The van der Waals surface area contributed by atoms with Gasteiger partial charge in [0.1, 0.15) is 0 Å². The molecule has 2 aromatic heterocycles. The quantitative estimate of drug-likeness (QED) is 0.850. The predicted molar refractivity (Wildman–Crippen MR) is 64.3 cm³/mol. The van der Waals surface area contributed by atoms with Gasteiger partial charge in [-0.05, 0) is 12.1 Å². The van der Waals surface area contributed by atoms with Crippen molar-refractivity contribution in [1.29, 1.82) is 0 Å². The molecule has 5 nitrogen and oxygen atoms in total. The molecule has 0 saturated heterocycles. The van der Waals surface area contributed by atoms with Gasteiger partial charge in [-0.15, -0.1) is 0 Å². The van der Waals surface area contributed by atoms with Gasteiger partial charge in [-0.1, -0.05) is 11.6 Å². The maximum absolute atomic E-state index is 11.8. The summed E-state index contributed by atoms with van der Waals surface area (Å²) in [7, 11) is 0.